The van der Waals surface area contributed by atoms with E-state index in [2.05, 4.69) is 15.9 Å². The van der Waals surface area contributed by atoms with Crippen LogP contribution in [0.4, 0.5) is 0 Å². The van der Waals surface area contributed by atoms with Gasteiger partial charge in [-0.25, -0.2) is 0 Å². The number of amides is 1. The maximum Gasteiger partial charge on any atom is 0.295 e. The Hall–Kier alpha value is -2.44. The van der Waals surface area contributed by atoms with Gasteiger partial charge < -0.3 is 15.1 Å². The van der Waals surface area contributed by atoms with Gasteiger partial charge in [-0.1, -0.05) is 58.4 Å². The molecule has 0 bridgehead atoms. The van der Waals surface area contributed by atoms with Gasteiger partial charge in [-0.3, -0.25) is 9.59 Å². The minimum Gasteiger partial charge on any atom is -0.507 e. The molecule has 1 aliphatic rings. The van der Waals surface area contributed by atoms with Crippen LogP contribution in [-0.4, -0.2) is 40.0 Å². The van der Waals surface area contributed by atoms with Gasteiger partial charge in [-0.15, -0.1) is 0 Å². The van der Waals surface area contributed by atoms with Crippen molar-refractivity contribution in [2.45, 2.75) is 12.5 Å². The maximum absolute atomic E-state index is 12.7. The van der Waals surface area contributed by atoms with E-state index in [1.807, 2.05) is 30.3 Å². The van der Waals surface area contributed by atoms with E-state index in [4.69, 9.17) is 5.11 Å². The van der Waals surface area contributed by atoms with Gasteiger partial charge >= 0.3 is 0 Å². The second kappa shape index (κ2) is 7.85. The first-order valence-corrected chi connectivity index (χ1v) is 9.04. The zero-order valence-corrected chi connectivity index (χ0v) is 15.5. The quantitative estimate of drug-likeness (QED) is 0.446. The Balaban J connectivity index is 2.15. The average molecular weight is 416 g/mol. The molecule has 5 nitrogen and oxygen atoms in total. The van der Waals surface area contributed by atoms with Crippen LogP contribution in [-0.2, 0) is 9.59 Å². The van der Waals surface area contributed by atoms with E-state index in [9.17, 15) is 14.7 Å². The summed E-state index contributed by atoms with van der Waals surface area (Å²) < 4.78 is 0.872. The predicted molar refractivity (Wildman–Crippen MR) is 101 cm³/mol. The van der Waals surface area contributed by atoms with Crippen LogP contribution in [0.2, 0.25) is 0 Å². The molecule has 0 radical (unpaired) electrons. The fourth-order valence-corrected chi connectivity index (χ4v) is 3.36. The summed E-state index contributed by atoms with van der Waals surface area (Å²) in [6, 6.07) is 15.3. The summed E-state index contributed by atoms with van der Waals surface area (Å²) in [5.41, 5.74) is 1.28. The lowest BCUT2D eigenvalue weighted by Gasteiger charge is -2.25. The van der Waals surface area contributed by atoms with Crippen molar-refractivity contribution in [3.63, 3.8) is 0 Å². The number of ketones is 1. The molecule has 2 aromatic carbocycles. The van der Waals surface area contributed by atoms with Gasteiger partial charge in [0.1, 0.15) is 5.76 Å². The molecule has 0 aromatic heterocycles. The molecule has 0 spiro atoms. The number of likely N-dealkylation sites (tertiary alicyclic amines) is 1. The molecular weight excluding hydrogens is 398 g/mol. The molecule has 1 heterocycles. The fraction of sp³-hybridized carbons (Fsp3) is 0.200. The molecule has 26 heavy (non-hydrogen) atoms. The number of hydrogen-bond acceptors (Lipinski definition) is 4. The number of aliphatic hydroxyl groups is 2. The van der Waals surface area contributed by atoms with Crippen LogP contribution in [0.3, 0.4) is 0 Å². The number of carbonyl (C=O) groups is 2. The zero-order valence-electron chi connectivity index (χ0n) is 13.9. The molecule has 1 atom stereocenters. The molecule has 0 aliphatic carbocycles. The highest BCUT2D eigenvalue weighted by Gasteiger charge is 2.45. The molecule has 0 saturated carbocycles. The summed E-state index contributed by atoms with van der Waals surface area (Å²) in [5.74, 6) is -1.57. The maximum atomic E-state index is 12.7. The number of Topliss-reactive ketones (excluding diaryl/α,β-unsaturated/α-hetero) is 1. The molecule has 2 N–H and O–H groups in total. The van der Waals surface area contributed by atoms with Crippen LogP contribution in [0.25, 0.3) is 5.76 Å². The summed E-state index contributed by atoms with van der Waals surface area (Å²) in [4.78, 5) is 26.6. The van der Waals surface area contributed by atoms with Gasteiger partial charge in [0, 0.05) is 23.2 Å². The third-order valence-electron chi connectivity index (χ3n) is 4.33. The highest BCUT2D eigenvalue weighted by Crippen LogP contribution is 2.39. The van der Waals surface area contributed by atoms with E-state index in [1.165, 1.54) is 4.90 Å². The Labute approximate surface area is 159 Å². The van der Waals surface area contributed by atoms with Gasteiger partial charge in [0.15, 0.2) is 0 Å². The van der Waals surface area contributed by atoms with Crippen LogP contribution in [0.15, 0.2) is 64.6 Å². The largest absolute Gasteiger partial charge is 0.507 e. The van der Waals surface area contributed by atoms with E-state index in [1.54, 1.807) is 24.3 Å². The number of rotatable bonds is 5. The van der Waals surface area contributed by atoms with Gasteiger partial charge in [-0.2, -0.15) is 0 Å². The lowest BCUT2D eigenvalue weighted by Crippen LogP contribution is -2.31. The van der Waals surface area contributed by atoms with E-state index in [0.29, 0.717) is 12.0 Å². The van der Waals surface area contributed by atoms with Crippen LogP contribution in [0.5, 0.6) is 0 Å². The smallest absolute Gasteiger partial charge is 0.295 e. The van der Waals surface area contributed by atoms with E-state index in [0.717, 1.165) is 10.0 Å². The minimum absolute atomic E-state index is 0.0708. The van der Waals surface area contributed by atoms with Gasteiger partial charge in [0.2, 0.25) is 0 Å². The topological polar surface area (TPSA) is 77.8 Å². The number of halogens is 1. The zero-order chi connectivity index (χ0) is 18.7. The average Bonchev–Trinajstić information content (AvgIpc) is 2.91. The first kappa shape index (κ1) is 18.4. The Bertz CT molecular complexity index is 846. The van der Waals surface area contributed by atoms with E-state index < -0.39 is 17.7 Å². The Morgan fingerprint density at radius 3 is 2.31 bits per heavy atom. The van der Waals surface area contributed by atoms with Crippen molar-refractivity contribution in [2.24, 2.45) is 0 Å². The molecule has 1 saturated heterocycles. The summed E-state index contributed by atoms with van der Waals surface area (Å²) in [5, 5.41) is 19.9. The molecule has 1 aliphatic heterocycles. The summed E-state index contributed by atoms with van der Waals surface area (Å²) in [6.07, 6.45) is 0.353. The molecule has 3 rings (SSSR count). The number of benzene rings is 2. The molecule has 134 valence electrons. The highest BCUT2D eigenvalue weighted by atomic mass is 79.9. The SMILES string of the molecule is O=C1C(=O)N(CCCO)[C@H](c2ccc(Br)cc2)/C1=C(\O)c1ccccc1. The number of aliphatic hydroxyl groups excluding tert-OH is 2. The Morgan fingerprint density at radius 2 is 1.69 bits per heavy atom. The van der Waals surface area contributed by atoms with Crippen molar-refractivity contribution in [1.29, 1.82) is 0 Å². The van der Waals surface area contributed by atoms with Gasteiger partial charge in [0.25, 0.3) is 11.7 Å². The first-order valence-electron chi connectivity index (χ1n) is 8.24. The van der Waals surface area contributed by atoms with Crippen LogP contribution in [0, 0.1) is 0 Å². The third kappa shape index (κ3) is 3.43. The Kier molecular flexibility index (Phi) is 5.54. The summed E-state index contributed by atoms with van der Waals surface area (Å²) in [7, 11) is 0. The van der Waals surface area contributed by atoms with Crippen LogP contribution in [0.1, 0.15) is 23.6 Å². The molecule has 0 unspecified atom stereocenters. The van der Waals surface area contributed by atoms with Crippen molar-refractivity contribution in [2.75, 3.05) is 13.2 Å². The van der Waals surface area contributed by atoms with Crippen molar-refractivity contribution < 1.29 is 19.8 Å². The molecule has 2 aromatic rings. The second-order valence-corrected chi connectivity index (χ2v) is 6.90. The highest BCUT2D eigenvalue weighted by molar-refractivity contribution is 9.10. The molecule has 1 fully saturated rings. The number of nitrogens with zero attached hydrogens (tertiary/aromatic N) is 1. The predicted octanol–water partition coefficient (Wildman–Crippen LogP) is 3.25. The normalized spacial score (nSPS) is 19.2. The first-order chi connectivity index (χ1) is 12.5. The van der Waals surface area contributed by atoms with Gasteiger partial charge in [-0.05, 0) is 24.1 Å². The summed E-state index contributed by atoms with van der Waals surface area (Å²) in [6.45, 7) is 0.141. The van der Waals surface area contributed by atoms with E-state index >= 15 is 0 Å². The van der Waals surface area contributed by atoms with Crippen molar-refractivity contribution in [1.82, 2.24) is 4.90 Å². The number of hydrogen-bond donors (Lipinski definition) is 2. The monoisotopic (exact) mass is 415 g/mol. The lowest BCUT2D eigenvalue weighted by molar-refractivity contribution is -0.140. The second-order valence-electron chi connectivity index (χ2n) is 5.99. The third-order valence-corrected chi connectivity index (χ3v) is 4.86. The van der Waals surface area contributed by atoms with Crippen LogP contribution < -0.4 is 0 Å². The van der Waals surface area contributed by atoms with Crippen LogP contribution >= 0.6 is 15.9 Å². The molecule has 6 heteroatoms. The van der Waals surface area contributed by atoms with E-state index in [-0.39, 0.29) is 24.5 Å². The minimum atomic E-state index is -0.711. The standard InChI is InChI=1S/C20H18BrNO4/c21-15-9-7-13(8-10-15)17-16(18(24)14-5-2-1-3-6-14)19(25)20(26)22(17)11-4-12-23/h1-3,5-10,17,23-24H,4,11-12H2/b18-16+/t17-/m1/s1. The van der Waals surface area contributed by atoms with Crippen molar-refractivity contribution in [3.8, 4) is 0 Å². The van der Waals surface area contributed by atoms with Crippen molar-refractivity contribution >= 4 is 33.4 Å². The van der Waals surface area contributed by atoms with Gasteiger partial charge in [0.05, 0.1) is 11.6 Å². The lowest BCUT2D eigenvalue weighted by atomic mass is 9.95. The summed E-state index contributed by atoms with van der Waals surface area (Å²) >= 11 is 3.37. The molecule has 1 amide bonds. The molecular formula is C20H18BrNO4. The Morgan fingerprint density at radius 1 is 1.04 bits per heavy atom. The van der Waals surface area contributed by atoms with Crippen molar-refractivity contribution in [3.05, 3.63) is 75.8 Å². The fourth-order valence-electron chi connectivity index (χ4n) is 3.09. The number of carbonyl (C=O) groups excluding carboxylic acids is 2.